The van der Waals surface area contributed by atoms with Crippen molar-refractivity contribution in [3.63, 3.8) is 0 Å². The number of carbonyl (C=O) groups is 1. The largest absolute Gasteiger partial charge is 0.756 e. The minimum absolute atomic E-state index is 0.0122. The van der Waals surface area contributed by atoms with Gasteiger partial charge in [0, 0.05) is 6.42 Å². The number of hydrogen-bond donors (Lipinski definition) is 2. The van der Waals surface area contributed by atoms with Crippen LogP contribution in [0.5, 0.6) is 0 Å². The van der Waals surface area contributed by atoms with Gasteiger partial charge in [0.05, 0.1) is 39.9 Å². The molecule has 0 saturated carbocycles. The Balaban J connectivity index is 4.31. The van der Waals surface area contributed by atoms with Crippen LogP contribution in [-0.4, -0.2) is 68.5 Å². The maximum atomic E-state index is 12.9. The smallest absolute Gasteiger partial charge is 0.268 e. The van der Waals surface area contributed by atoms with Crippen molar-refractivity contribution in [1.82, 2.24) is 5.32 Å². The van der Waals surface area contributed by atoms with Crippen LogP contribution in [0.1, 0.15) is 213 Å². The predicted molar refractivity (Wildman–Crippen MR) is 233 cm³/mol. The Morgan fingerprint density at radius 1 is 0.636 bits per heavy atom. The Hall–Kier alpha value is -1.02. The third kappa shape index (κ3) is 41.0. The number of nitrogens with one attached hydrogen (secondary N) is 1. The predicted octanol–water partition coefficient (Wildman–Crippen LogP) is 12.3. The van der Waals surface area contributed by atoms with Crippen molar-refractivity contribution in [1.29, 1.82) is 0 Å². The van der Waals surface area contributed by atoms with Crippen LogP contribution in [0.4, 0.5) is 0 Å². The Morgan fingerprint density at radius 2 is 1.04 bits per heavy atom. The van der Waals surface area contributed by atoms with E-state index in [0.717, 1.165) is 38.5 Å². The number of phosphoric ester groups is 1. The van der Waals surface area contributed by atoms with Crippen LogP contribution in [0.15, 0.2) is 24.3 Å². The van der Waals surface area contributed by atoms with Gasteiger partial charge >= 0.3 is 0 Å². The van der Waals surface area contributed by atoms with Crippen molar-refractivity contribution in [2.75, 3.05) is 40.9 Å². The monoisotopic (exact) mass is 799 g/mol. The Labute approximate surface area is 341 Å². The molecule has 2 N–H and O–H groups in total. The van der Waals surface area contributed by atoms with Crippen molar-refractivity contribution in [2.24, 2.45) is 0 Å². The summed E-state index contributed by atoms with van der Waals surface area (Å²) < 4.78 is 23.3. The number of allylic oxidation sites excluding steroid dienone is 4. The molecular weight excluding hydrogens is 707 g/mol. The van der Waals surface area contributed by atoms with Gasteiger partial charge in [-0.05, 0) is 38.5 Å². The number of phosphoric acid groups is 1. The number of aliphatic hydroxyl groups is 1. The minimum Gasteiger partial charge on any atom is -0.756 e. The lowest BCUT2D eigenvalue weighted by Gasteiger charge is -2.30. The molecule has 0 aliphatic rings. The standard InChI is InChI=1S/C46H91N2O6P/c1-6-8-10-12-14-16-18-20-22-23-24-25-26-28-30-32-34-36-38-40-46(50)47-44(43-54-55(51,52)53-42-41-48(3,4)5)45(49)39-37-35-33-31-29-27-21-19-17-15-13-11-9-7-2/h14,16,18,20,44-45,49H,6-13,15,17,19,21-43H2,1-5H3,(H-,47,50,51,52)/b16-14-,20-18-. The zero-order valence-electron chi connectivity index (χ0n) is 36.9. The maximum Gasteiger partial charge on any atom is 0.268 e. The van der Waals surface area contributed by atoms with E-state index in [9.17, 15) is 19.4 Å². The zero-order chi connectivity index (χ0) is 40.7. The summed E-state index contributed by atoms with van der Waals surface area (Å²) in [5.74, 6) is -0.168. The number of unbranched alkanes of at least 4 members (excludes halogenated alkanes) is 26. The van der Waals surface area contributed by atoms with E-state index in [1.165, 1.54) is 148 Å². The summed E-state index contributed by atoms with van der Waals surface area (Å²) in [4.78, 5) is 25.3. The van der Waals surface area contributed by atoms with Crippen molar-refractivity contribution in [3.8, 4) is 0 Å². The van der Waals surface area contributed by atoms with Crippen LogP contribution < -0.4 is 10.2 Å². The normalized spacial score (nSPS) is 14.5. The van der Waals surface area contributed by atoms with Gasteiger partial charge in [-0.3, -0.25) is 9.36 Å². The molecule has 8 nitrogen and oxygen atoms in total. The number of carbonyl (C=O) groups excluding carboxylic acids is 1. The summed E-state index contributed by atoms with van der Waals surface area (Å²) in [6.45, 7) is 4.69. The van der Waals surface area contributed by atoms with Crippen LogP contribution in [0.3, 0.4) is 0 Å². The van der Waals surface area contributed by atoms with Crippen LogP contribution >= 0.6 is 7.82 Å². The summed E-state index contributed by atoms with van der Waals surface area (Å²) >= 11 is 0. The van der Waals surface area contributed by atoms with Crippen LogP contribution in [0.25, 0.3) is 0 Å². The summed E-state index contributed by atoms with van der Waals surface area (Å²) in [5.41, 5.74) is 0. The van der Waals surface area contributed by atoms with Gasteiger partial charge in [0.25, 0.3) is 7.82 Å². The number of quaternary nitrogens is 1. The molecule has 0 aromatic heterocycles. The first kappa shape index (κ1) is 54.0. The number of rotatable bonds is 42. The lowest BCUT2D eigenvalue weighted by molar-refractivity contribution is -0.870. The second-order valence-electron chi connectivity index (χ2n) is 17.1. The highest BCUT2D eigenvalue weighted by molar-refractivity contribution is 7.45. The van der Waals surface area contributed by atoms with Gasteiger partial charge in [-0.2, -0.15) is 0 Å². The van der Waals surface area contributed by atoms with Gasteiger partial charge in [-0.15, -0.1) is 0 Å². The molecule has 0 spiro atoms. The van der Waals surface area contributed by atoms with Gasteiger partial charge in [0.2, 0.25) is 5.91 Å². The fourth-order valence-electron chi connectivity index (χ4n) is 6.74. The van der Waals surface area contributed by atoms with Crippen molar-refractivity contribution >= 4 is 13.7 Å². The molecule has 0 aliphatic carbocycles. The number of likely N-dealkylation sites (N-methyl/N-ethyl adjacent to an activating group) is 1. The molecule has 0 aliphatic heterocycles. The van der Waals surface area contributed by atoms with E-state index in [2.05, 4.69) is 43.5 Å². The SMILES string of the molecule is CCCCC/C=C\C=C/CCCCCCCCCCCCC(=O)NC(COP(=O)([O-])OCC[N+](C)(C)C)C(O)CCCCCCCCCCCCCCCC. The van der Waals surface area contributed by atoms with Gasteiger partial charge < -0.3 is 28.8 Å². The highest BCUT2D eigenvalue weighted by Crippen LogP contribution is 2.38. The van der Waals surface area contributed by atoms with Crippen LogP contribution in [-0.2, 0) is 18.4 Å². The average Bonchev–Trinajstić information content (AvgIpc) is 3.13. The molecule has 0 heterocycles. The van der Waals surface area contributed by atoms with E-state index in [1.54, 1.807) is 0 Å². The molecule has 0 aromatic carbocycles. The number of amides is 1. The van der Waals surface area contributed by atoms with Crippen LogP contribution in [0.2, 0.25) is 0 Å². The molecule has 0 radical (unpaired) electrons. The van der Waals surface area contributed by atoms with E-state index in [4.69, 9.17) is 9.05 Å². The van der Waals surface area contributed by atoms with E-state index in [-0.39, 0.29) is 19.1 Å². The summed E-state index contributed by atoms with van der Waals surface area (Å²) in [6.07, 6.45) is 44.6. The molecule has 1 amide bonds. The highest BCUT2D eigenvalue weighted by atomic mass is 31.2. The summed E-state index contributed by atoms with van der Waals surface area (Å²) in [5, 5.41) is 13.9. The lowest BCUT2D eigenvalue weighted by atomic mass is 10.0. The van der Waals surface area contributed by atoms with E-state index in [1.807, 2.05) is 21.1 Å². The zero-order valence-corrected chi connectivity index (χ0v) is 37.8. The van der Waals surface area contributed by atoms with Crippen LogP contribution in [0, 0.1) is 0 Å². The molecule has 9 heteroatoms. The fourth-order valence-corrected chi connectivity index (χ4v) is 7.46. The first-order valence-electron chi connectivity index (χ1n) is 23.2. The number of nitrogens with zero attached hydrogens (tertiary/aromatic N) is 1. The van der Waals surface area contributed by atoms with Gasteiger partial charge in [-0.25, -0.2) is 0 Å². The molecule has 0 rings (SSSR count). The maximum absolute atomic E-state index is 12.9. The minimum atomic E-state index is -4.56. The lowest BCUT2D eigenvalue weighted by Crippen LogP contribution is -2.46. The Morgan fingerprint density at radius 3 is 1.51 bits per heavy atom. The topological polar surface area (TPSA) is 108 Å². The van der Waals surface area contributed by atoms with Crippen molar-refractivity contribution in [3.05, 3.63) is 24.3 Å². The second-order valence-corrected chi connectivity index (χ2v) is 18.6. The molecule has 0 saturated heterocycles. The van der Waals surface area contributed by atoms with Crippen molar-refractivity contribution in [2.45, 2.75) is 225 Å². The Bertz CT molecular complexity index is 953. The third-order valence-corrected chi connectivity index (χ3v) is 11.4. The Kier molecular flexibility index (Phi) is 37.8. The quantitative estimate of drug-likeness (QED) is 0.0276. The summed E-state index contributed by atoms with van der Waals surface area (Å²) in [7, 11) is 1.30. The average molecular weight is 799 g/mol. The van der Waals surface area contributed by atoms with E-state index >= 15 is 0 Å². The molecular formula is C46H91N2O6P. The van der Waals surface area contributed by atoms with Crippen molar-refractivity contribution < 1.29 is 32.9 Å². The molecule has 55 heavy (non-hydrogen) atoms. The second kappa shape index (κ2) is 38.5. The van der Waals surface area contributed by atoms with Gasteiger partial charge in [0.1, 0.15) is 13.2 Å². The fraction of sp³-hybridized carbons (Fsp3) is 0.891. The van der Waals surface area contributed by atoms with Gasteiger partial charge in [-0.1, -0.05) is 192 Å². The number of aliphatic hydroxyl groups excluding tert-OH is 1. The summed E-state index contributed by atoms with van der Waals surface area (Å²) in [6, 6.07) is -0.799. The molecule has 0 aromatic rings. The molecule has 0 fully saturated rings. The third-order valence-electron chi connectivity index (χ3n) is 10.5. The molecule has 3 atom stereocenters. The highest BCUT2D eigenvalue weighted by Gasteiger charge is 2.24. The number of hydrogen-bond acceptors (Lipinski definition) is 6. The molecule has 326 valence electrons. The first-order valence-corrected chi connectivity index (χ1v) is 24.7. The molecule has 3 unspecified atom stereocenters. The van der Waals surface area contributed by atoms with E-state index in [0.29, 0.717) is 23.9 Å². The van der Waals surface area contributed by atoms with Gasteiger partial charge in [0.15, 0.2) is 0 Å². The first-order chi connectivity index (χ1) is 26.5. The van der Waals surface area contributed by atoms with E-state index < -0.39 is 20.0 Å². The molecule has 0 bridgehead atoms.